The summed E-state index contributed by atoms with van der Waals surface area (Å²) >= 11 is 6.27. The van der Waals surface area contributed by atoms with Gasteiger partial charge in [-0.1, -0.05) is 23.7 Å². The Hall–Kier alpha value is -0.860. The molecule has 3 rings (SSSR count). The summed E-state index contributed by atoms with van der Waals surface area (Å²) < 4.78 is 5.89. The fourth-order valence-corrected chi connectivity index (χ4v) is 3.45. The van der Waals surface area contributed by atoms with Gasteiger partial charge >= 0.3 is 0 Å². The van der Waals surface area contributed by atoms with E-state index in [1.165, 1.54) is 6.42 Å². The average molecular weight is 279 g/mol. The Bertz CT molecular complexity index is 505. The van der Waals surface area contributed by atoms with Crippen molar-refractivity contribution in [3.05, 3.63) is 34.3 Å². The first-order chi connectivity index (χ1) is 9.11. The van der Waals surface area contributed by atoms with Gasteiger partial charge < -0.3 is 4.74 Å². The van der Waals surface area contributed by atoms with Crippen LogP contribution in [0.5, 0.6) is 0 Å². The molecule has 2 aliphatic rings. The normalized spacial score (nSPS) is 25.1. The summed E-state index contributed by atoms with van der Waals surface area (Å²) in [7, 11) is 0. The van der Waals surface area contributed by atoms with E-state index < -0.39 is 0 Å². The minimum absolute atomic E-state index is 0.00881. The van der Waals surface area contributed by atoms with Crippen molar-refractivity contribution < 1.29 is 9.53 Å². The molecule has 1 heterocycles. The zero-order chi connectivity index (χ0) is 13.5. The molecule has 0 aromatic heterocycles. The first kappa shape index (κ1) is 13.1. The number of halogens is 1. The number of ketones is 1. The zero-order valence-corrected chi connectivity index (χ0v) is 12.0. The maximum atomic E-state index is 12.7. The molecule has 1 unspecified atom stereocenters. The third kappa shape index (κ3) is 2.32. The van der Waals surface area contributed by atoms with E-state index in [2.05, 4.69) is 0 Å². The Morgan fingerprint density at radius 2 is 2.21 bits per heavy atom. The van der Waals surface area contributed by atoms with E-state index in [1.807, 2.05) is 25.1 Å². The maximum absolute atomic E-state index is 12.7. The number of benzene rings is 1. The number of rotatable bonds is 2. The average Bonchev–Trinajstić information content (AvgIpc) is 2.39. The number of ether oxygens (including phenoxy) is 1. The van der Waals surface area contributed by atoms with Gasteiger partial charge in [0.2, 0.25) is 0 Å². The lowest BCUT2D eigenvalue weighted by molar-refractivity contribution is -0.137. The fourth-order valence-electron chi connectivity index (χ4n) is 3.23. The van der Waals surface area contributed by atoms with E-state index >= 15 is 0 Å². The molecular weight excluding hydrogens is 260 g/mol. The summed E-state index contributed by atoms with van der Waals surface area (Å²) in [6.45, 7) is 2.65. The Balaban J connectivity index is 1.81. The number of aryl methyl sites for hydroxylation is 1. The monoisotopic (exact) mass is 278 g/mol. The zero-order valence-electron chi connectivity index (χ0n) is 11.2. The molecule has 2 fully saturated rings. The highest BCUT2D eigenvalue weighted by Gasteiger charge is 2.44. The van der Waals surface area contributed by atoms with Crippen molar-refractivity contribution in [2.24, 2.45) is 5.92 Å². The second kappa shape index (κ2) is 4.92. The topological polar surface area (TPSA) is 26.3 Å². The molecule has 1 spiro atoms. The minimum atomic E-state index is 0.00881. The Kier molecular flexibility index (Phi) is 3.40. The molecule has 102 valence electrons. The van der Waals surface area contributed by atoms with Gasteiger partial charge in [-0.05, 0) is 50.7 Å². The molecule has 1 aliphatic carbocycles. The SMILES string of the molecule is Cc1cccc(C(=O)C2CCOC3(CCC3)C2)c1Cl. The van der Waals surface area contributed by atoms with Gasteiger partial charge in [-0.3, -0.25) is 4.79 Å². The molecule has 0 bridgehead atoms. The summed E-state index contributed by atoms with van der Waals surface area (Å²) in [6.07, 6.45) is 5.14. The summed E-state index contributed by atoms with van der Waals surface area (Å²) in [5.74, 6) is 0.275. The molecule has 0 amide bonds. The molecule has 1 aromatic carbocycles. The first-order valence-electron chi connectivity index (χ1n) is 7.05. The maximum Gasteiger partial charge on any atom is 0.167 e. The van der Waals surface area contributed by atoms with Gasteiger partial charge in [0.1, 0.15) is 0 Å². The van der Waals surface area contributed by atoms with Gasteiger partial charge in [-0.25, -0.2) is 0 Å². The number of hydrogen-bond acceptors (Lipinski definition) is 2. The molecular formula is C16H19ClO2. The van der Waals surface area contributed by atoms with Crippen LogP contribution in [0.3, 0.4) is 0 Å². The molecule has 1 saturated carbocycles. The van der Waals surface area contributed by atoms with Crippen molar-refractivity contribution in [1.29, 1.82) is 0 Å². The van der Waals surface area contributed by atoms with Gasteiger partial charge in [-0.2, -0.15) is 0 Å². The van der Waals surface area contributed by atoms with Crippen LogP contribution in [0.25, 0.3) is 0 Å². The molecule has 2 nitrogen and oxygen atoms in total. The second-order valence-electron chi connectivity index (χ2n) is 5.88. The largest absolute Gasteiger partial charge is 0.375 e. The number of Topliss-reactive ketones (excluding diaryl/α,β-unsaturated/α-hetero) is 1. The molecule has 3 heteroatoms. The van der Waals surface area contributed by atoms with Crippen LogP contribution < -0.4 is 0 Å². The highest BCUT2D eigenvalue weighted by molar-refractivity contribution is 6.34. The smallest absolute Gasteiger partial charge is 0.167 e. The fraction of sp³-hybridized carbons (Fsp3) is 0.562. The molecule has 1 saturated heterocycles. The summed E-state index contributed by atoms with van der Waals surface area (Å²) in [6, 6.07) is 5.70. The Morgan fingerprint density at radius 3 is 2.89 bits per heavy atom. The second-order valence-corrected chi connectivity index (χ2v) is 6.25. The van der Waals surface area contributed by atoms with Crippen LogP contribution in [0.4, 0.5) is 0 Å². The summed E-state index contributed by atoms with van der Waals surface area (Å²) in [4.78, 5) is 12.7. The molecule has 0 radical (unpaired) electrons. The van der Waals surface area contributed by atoms with Gasteiger partial charge in [-0.15, -0.1) is 0 Å². The lowest BCUT2D eigenvalue weighted by atomic mass is 9.70. The number of carbonyl (C=O) groups excluding carboxylic acids is 1. The van der Waals surface area contributed by atoms with E-state index in [9.17, 15) is 4.79 Å². The lowest BCUT2D eigenvalue weighted by Crippen LogP contribution is -2.47. The number of carbonyl (C=O) groups is 1. The molecule has 19 heavy (non-hydrogen) atoms. The van der Waals surface area contributed by atoms with E-state index in [0.717, 1.165) is 31.2 Å². The summed E-state index contributed by atoms with van der Waals surface area (Å²) in [5, 5.41) is 0.613. The van der Waals surface area contributed by atoms with Gasteiger partial charge in [0, 0.05) is 18.1 Å². The predicted octanol–water partition coefficient (Wildman–Crippen LogP) is 4.18. The van der Waals surface area contributed by atoms with Gasteiger partial charge in [0.15, 0.2) is 5.78 Å². The quantitative estimate of drug-likeness (QED) is 0.759. The van der Waals surface area contributed by atoms with E-state index in [0.29, 0.717) is 17.2 Å². The molecule has 1 aromatic rings. The highest BCUT2D eigenvalue weighted by atomic mass is 35.5. The first-order valence-corrected chi connectivity index (χ1v) is 7.42. The van der Waals surface area contributed by atoms with Crippen LogP contribution in [0.2, 0.25) is 5.02 Å². The third-order valence-electron chi connectivity index (χ3n) is 4.59. The number of hydrogen-bond donors (Lipinski definition) is 0. The van der Waals surface area contributed by atoms with Crippen molar-refractivity contribution in [1.82, 2.24) is 0 Å². The van der Waals surface area contributed by atoms with Crippen molar-refractivity contribution in [3.8, 4) is 0 Å². The van der Waals surface area contributed by atoms with Crippen molar-refractivity contribution in [2.45, 2.75) is 44.6 Å². The Morgan fingerprint density at radius 1 is 1.42 bits per heavy atom. The van der Waals surface area contributed by atoms with E-state index in [4.69, 9.17) is 16.3 Å². The van der Waals surface area contributed by atoms with Crippen molar-refractivity contribution in [2.75, 3.05) is 6.61 Å². The lowest BCUT2D eigenvalue weighted by Gasteiger charge is -2.46. The molecule has 1 atom stereocenters. The van der Waals surface area contributed by atoms with Crippen LogP contribution in [-0.4, -0.2) is 18.0 Å². The van der Waals surface area contributed by atoms with E-state index in [1.54, 1.807) is 0 Å². The third-order valence-corrected chi connectivity index (χ3v) is 5.09. The minimum Gasteiger partial charge on any atom is -0.375 e. The van der Waals surface area contributed by atoms with Gasteiger partial charge in [0.25, 0.3) is 0 Å². The molecule has 0 N–H and O–H groups in total. The standard InChI is InChI=1S/C16H19ClO2/c1-11-4-2-5-13(14(11)17)15(18)12-6-9-19-16(10-12)7-3-8-16/h2,4-5,12H,3,6-10H2,1H3. The molecule has 1 aliphatic heterocycles. The highest BCUT2D eigenvalue weighted by Crippen LogP contribution is 2.45. The van der Waals surface area contributed by atoms with E-state index in [-0.39, 0.29) is 17.3 Å². The Labute approximate surface area is 119 Å². The van der Waals surface area contributed by atoms with Crippen LogP contribution >= 0.6 is 11.6 Å². The van der Waals surface area contributed by atoms with Crippen molar-refractivity contribution in [3.63, 3.8) is 0 Å². The van der Waals surface area contributed by atoms with Crippen molar-refractivity contribution >= 4 is 17.4 Å². The van der Waals surface area contributed by atoms with Crippen LogP contribution in [0.1, 0.15) is 48.0 Å². The van der Waals surface area contributed by atoms with Crippen LogP contribution in [0.15, 0.2) is 18.2 Å². The predicted molar refractivity (Wildman–Crippen MR) is 75.8 cm³/mol. The van der Waals surface area contributed by atoms with Crippen LogP contribution in [0, 0.1) is 12.8 Å². The summed E-state index contributed by atoms with van der Waals surface area (Å²) in [5.41, 5.74) is 1.66. The van der Waals surface area contributed by atoms with Gasteiger partial charge in [0.05, 0.1) is 10.6 Å². The van der Waals surface area contributed by atoms with Crippen LogP contribution in [-0.2, 0) is 4.74 Å².